The lowest BCUT2D eigenvalue weighted by Crippen LogP contribution is -2.53. The van der Waals surface area contributed by atoms with Gasteiger partial charge in [-0.15, -0.1) is 0 Å². The first-order valence-corrected chi connectivity index (χ1v) is 11.4. The molecule has 0 bridgehead atoms. The molecule has 0 saturated carbocycles. The average Bonchev–Trinajstić information content (AvgIpc) is 2.62. The van der Waals surface area contributed by atoms with Crippen LogP contribution in [0.2, 0.25) is 0 Å². The Bertz CT molecular complexity index is 813. The second-order valence-electron chi connectivity index (χ2n) is 7.48. The lowest BCUT2D eigenvalue weighted by atomic mass is 10.0. The van der Waals surface area contributed by atoms with Gasteiger partial charge in [-0.1, -0.05) is 31.0 Å². The van der Waals surface area contributed by atoms with E-state index in [1.54, 1.807) is 6.92 Å². The molecule has 1 atom stereocenters. The lowest BCUT2D eigenvalue weighted by Gasteiger charge is -2.33. The van der Waals surface area contributed by atoms with Crippen LogP contribution in [0.3, 0.4) is 0 Å². The molecular formula is C20H31N3O4S. The van der Waals surface area contributed by atoms with Gasteiger partial charge in [0.15, 0.2) is 0 Å². The number of piperidine rings is 1. The number of carbonyl (C=O) groups excluding carboxylic acids is 2. The van der Waals surface area contributed by atoms with Crippen LogP contribution in [0.1, 0.15) is 49.3 Å². The van der Waals surface area contributed by atoms with Gasteiger partial charge in [-0.05, 0) is 51.2 Å². The summed E-state index contributed by atoms with van der Waals surface area (Å²) in [6.07, 6.45) is 2.53. The fraction of sp³-hybridized carbons (Fsp3) is 0.600. The van der Waals surface area contributed by atoms with Gasteiger partial charge in [0.05, 0.1) is 12.3 Å². The topological polar surface area (TPSA) is 95.6 Å². The van der Waals surface area contributed by atoms with Gasteiger partial charge >= 0.3 is 0 Å². The lowest BCUT2D eigenvalue weighted by molar-refractivity contribution is -0.127. The second-order valence-corrected chi connectivity index (χ2v) is 9.52. The Labute approximate surface area is 167 Å². The highest BCUT2D eigenvalue weighted by Gasteiger charge is 2.36. The van der Waals surface area contributed by atoms with Crippen LogP contribution in [0, 0.1) is 20.8 Å². The first kappa shape index (κ1) is 22.4. The molecule has 28 heavy (non-hydrogen) atoms. The van der Waals surface area contributed by atoms with Crippen molar-refractivity contribution in [3.8, 4) is 0 Å². The molecule has 1 aliphatic heterocycles. The van der Waals surface area contributed by atoms with Crippen LogP contribution in [-0.4, -0.2) is 49.4 Å². The largest absolute Gasteiger partial charge is 0.346 e. The minimum absolute atomic E-state index is 0.0310. The number of nitrogens with one attached hydrogen (secondary N) is 2. The van der Waals surface area contributed by atoms with Crippen LogP contribution < -0.4 is 10.6 Å². The molecule has 1 aromatic rings. The third-order valence-electron chi connectivity index (χ3n) is 4.94. The van der Waals surface area contributed by atoms with E-state index in [0.29, 0.717) is 19.4 Å². The molecule has 1 heterocycles. The molecule has 0 spiro atoms. The van der Waals surface area contributed by atoms with Crippen LogP contribution in [0.15, 0.2) is 12.1 Å². The first-order valence-electron chi connectivity index (χ1n) is 9.80. The standard InChI is InChI=1S/C20H31N3O4S/c1-5-10-28(26,27)23-9-7-6-8-17(23)20(25)21-13-18(24)22-19-15(3)11-14(2)12-16(19)4/h11-12,17H,5-10,13H2,1-4H3,(H,21,25)(H,22,24). The Morgan fingerprint density at radius 3 is 2.39 bits per heavy atom. The number of amides is 2. The molecule has 1 aromatic carbocycles. The predicted octanol–water partition coefficient (Wildman–Crippen LogP) is 2.26. The number of rotatable bonds is 7. The highest BCUT2D eigenvalue weighted by atomic mass is 32.2. The highest BCUT2D eigenvalue weighted by molar-refractivity contribution is 7.89. The summed E-state index contributed by atoms with van der Waals surface area (Å²) in [5.74, 6) is -0.711. The Kier molecular flexibility index (Phi) is 7.60. The number of benzene rings is 1. The van der Waals surface area contributed by atoms with E-state index in [9.17, 15) is 18.0 Å². The monoisotopic (exact) mass is 409 g/mol. The molecule has 7 nitrogen and oxygen atoms in total. The Balaban J connectivity index is 1.99. The van der Waals surface area contributed by atoms with Gasteiger partial charge < -0.3 is 10.6 Å². The molecule has 1 aliphatic rings. The van der Waals surface area contributed by atoms with Crippen LogP contribution in [0.25, 0.3) is 0 Å². The van der Waals surface area contributed by atoms with Crippen molar-refractivity contribution in [3.05, 3.63) is 28.8 Å². The summed E-state index contributed by atoms with van der Waals surface area (Å²) >= 11 is 0. The molecule has 8 heteroatoms. The van der Waals surface area contributed by atoms with Crippen molar-refractivity contribution in [3.63, 3.8) is 0 Å². The number of aryl methyl sites for hydroxylation is 3. The smallest absolute Gasteiger partial charge is 0.243 e. The number of hydrogen-bond acceptors (Lipinski definition) is 4. The summed E-state index contributed by atoms with van der Waals surface area (Å²) in [5, 5.41) is 5.45. The third kappa shape index (κ3) is 5.54. The van der Waals surface area contributed by atoms with Gasteiger partial charge in [0.2, 0.25) is 21.8 Å². The fourth-order valence-corrected chi connectivity index (χ4v) is 5.47. The minimum Gasteiger partial charge on any atom is -0.346 e. The quantitative estimate of drug-likeness (QED) is 0.722. The molecule has 2 amide bonds. The molecule has 2 rings (SSSR count). The zero-order valence-corrected chi connectivity index (χ0v) is 18.0. The Morgan fingerprint density at radius 1 is 1.14 bits per heavy atom. The molecule has 2 N–H and O–H groups in total. The molecule has 156 valence electrons. The fourth-order valence-electron chi connectivity index (χ4n) is 3.72. The molecule has 1 unspecified atom stereocenters. The normalized spacial score (nSPS) is 17.9. The van der Waals surface area contributed by atoms with Crippen molar-refractivity contribution >= 4 is 27.5 Å². The summed E-state index contributed by atoms with van der Waals surface area (Å²) < 4.78 is 26.2. The van der Waals surface area contributed by atoms with E-state index in [1.165, 1.54) is 4.31 Å². The van der Waals surface area contributed by atoms with Gasteiger partial charge in [-0.25, -0.2) is 8.42 Å². The van der Waals surface area contributed by atoms with Gasteiger partial charge in [0.1, 0.15) is 6.04 Å². The van der Waals surface area contributed by atoms with E-state index < -0.39 is 22.0 Å². The maximum absolute atomic E-state index is 12.6. The number of anilines is 1. The average molecular weight is 410 g/mol. The van der Waals surface area contributed by atoms with Crippen molar-refractivity contribution in [1.29, 1.82) is 0 Å². The third-order valence-corrected chi connectivity index (χ3v) is 7.02. The van der Waals surface area contributed by atoms with E-state index in [-0.39, 0.29) is 18.2 Å². The van der Waals surface area contributed by atoms with E-state index in [2.05, 4.69) is 10.6 Å². The van der Waals surface area contributed by atoms with Crippen LogP contribution in [-0.2, 0) is 19.6 Å². The summed E-state index contributed by atoms with van der Waals surface area (Å²) in [5.41, 5.74) is 3.78. The van der Waals surface area contributed by atoms with E-state index in [1.807, 2.05) is 32.9 Å². The second kappa shape index (κ2) is 9.52. The molecule has 0 aliphatic carbocycles. The molecule has 0 aromatic heterocycles. The van der Waals surface area contributed by atoms with E-state index >= 15 is 0 Å². The van der Waals surface area contributed by atoms with Crippen molar-refractivity contribution in [2.75, 3.05) is 24.2 Å². The molecule has 0 radical (unpaired) electrons. The van der Waals surface area contributed by atoms with Gasteiger partial charge in [-0.3, -0.25) is 9.59 Å². The SMILES string of the molecule is CCCS(=O)(=O)N1CCCCC1C(=O)NCC(=O)Nc1c(C)cc(C)cc1C. The van der Waals surface area contributed by atoms with Crippen LogP contribution >= 0.6 is 0 Å². The summed E-state index contributed by atoms with van der Waals surface area (Å²) in [4.78, 5) is 24.9. The molecular weight excluding hydrogens is 378 g/mol. The van der Waals surface area contributed by atoms with E-state index in [4.69, 9.17) is 0 Å². The maximum atomic E-state index is 12.6. The van der Waals surface area contributed by atoms with E-state index in [0.717, 1.165) is 35.2 Å². The van der Waals surface area contributed by atoms with Gasteiger partial charge in [0.25, 0.3) is 0 Å². The van der Waals surface area contributed by atoms with Crippen molar-refractivity contribution in [2.24, 2.45) is 0 Å². The molecule has 1 saturated heterocycles. The predicted molar refractivity (Wildman–Crippen MR) is 111 cm³/mol. The van der Waals surface area contributed by atoms with Crippen LogP contribution in [0.4, 0.5) is 5.69 Å². The zero-order chi connectivity index (χ0) is 20.9. The highest BCUT2D eigenvalue weighted by Crippen LogP contribution is 2.23. The zero-order valence-electron chi connectivity index (χ0n) is 17.2. The first-order chi connectivity index (χ1) is 13.2. The number of nitrogens with zero attached hydrogens (tertiary/aromatic N) is 1. The summed E-state index contributed by atoms with van der Waals surface area (Å²) in [7, 11) is -3.46. The van der Waals surface area contributed by atoms with Crippen molar-refractivity contribution < 1.29 is 18.0 Å². The van der Waals surface area contributed by atoms with Gasteiger partial charge in [0, 0.05) is 12.2 Å². The number of sulfonamides is 1. The van der Waals surface area contributed by atoms with Crippen molar-refractivity contribution in [1.82, 2.24) is 9.62 Å². The summed E-state index contributed by atoms with van der Waals surface area (Å²) in [6, 6.07) is 3.24. The number of carbonyl (C=O) groups is 2. The maximum Gasteiger partial charge on any atom is 0.243 e. The van der Waals surface area contributed by atoms with Crippen molar-refractivity contribution in [2.45, 2.75) is 59.4 Å². The number of hydrogen-bond donors (Lipinski definition) is 2. The van der Waals surface area contributed by atoms with Crippen LogP contribution in [0.5, 0.6) is 0 Å². The Morgan fingerprint density at radius 2 is 1.79 bits per heavy atom. The Hall–Kier alpha value is -1.93. The summed E-state index contributed by atoms with van der Waals surface area (Å²) in [6.45, 7) is 7.81. The minimum atomic E-state index is -3.46. The molecule has 1 fully saturated rings. The van der Waals surface area contributed by atoms with Gasteiger partial charge in [-0.2, -0.15) is 4.31 Å².